The second-order valence-electron chi connectivity index (χ2n) is 7.89. The zero-order chi connectivity index (χ0) is 18.5. The number of nitrogens with zero attached hydrogens (tertiary/aromatic N) is 2. The summed E-state index contributed by atoms with van der Waals surface area (Å²) in [6.45, 7) is 0.880. The minimum atomic E-state index is -0.156. The number of benzene rings is 2. The minimum Gasteiger partial charge on any atom is -0.497 e. The Labute approximate surface area is 159 Å². The Kier molecular flexibility index (Phi) is 3.97. The number of aromatic nitrogens is 1. The van der Waals surface area contributed by atoms with Crippen molar-refractivity contribution in [1.29, 1.82) is 0 Å². The first kappa shape index (κ1) is 16.8. The molecular formula is C23H25FN2O. The number of aryl methyl sites for hydroxylation is 2. The number of halogens is 1. The lowest BCUT2D eigenvalue weighted by atomic mass is 9.97. The number of hydrogen-bond acceptors (Lipinski definition) is 2. The minimum absolute atomic E-state index is 0.156. The molecule has 2 unspecified atom stereocenters. The summed E-state index contributed by atoms with van der Waals surface area (Å²) in [6.07, 6.45) is 4.44. The molecule has 0 radical (unpaired) electrons. The van der Waals surface area contributed by atoms with E-state index in [0.29, 0.717) is 12.1 Å². The Balaban J connectivity index is 1.61. The average molecular weight is 364 g/mol. The maximum absolute atomic E-state index is 13.6. The van der Waals surface area contributed by atoms with Crippen molar-refractivity contribution in [1.82, 2.24) is 9.47 Å². The summed E-state index contributed by atoms with van der Waals surface area (Å²) in [5, 5.41) is 1.32. The molecule has 27 heavy (non-hydrogen) atoms. The molecule has 3 nitrogen and oxygen atoms in total. The third-order valence-corrected chi connectivity index (χ3v) is 6.54. The first-order valence-corrected chi connectivity index (χ1v) is 9.81. The van der Waals surface area contributed by atoms with Crippen LogP contribution in [0, 0.1) is 5.82 Å². The van der Waals surface area contributed by atoms with Gasteiger partial charge in [-0.25, -0.2) is 4.39 Å². The summed E-state index contributed by atoms with van der Waals surface area (Å²) in [5.41, 5.74) is 5.29. The van der Waals surface area contributed by atoms with Crippen molar-refractivity contribution in [3.63, 3.8) is 0 Å². The van der Waals surface area contributed by atoms with Crippen LogP contribution in [-0.4, -0.2) is 29.7 Å². The maximum atomic E-state index is 13.6. The molecule has 0 spiro atoms. The van der Waals surface area contributed by atoms with E-state index in [4.69, 9.17) is 4.74 Å². The topological polar surface area (TPSA) is 17.4 Å². The highest BCUT2D eigenvalue weighted by Crippen LogP contribution is 2.47. The quantitative estimate of drug-likeness (QED) is 0.666. The van der Waals surface area contributed by atoms with Gasteiger partial charge in [0.25, 0.3) is 0 Å². The van der Waals surface area contributed by atoms with Crippen LogP contribution in [0.2, 0.25) is 0 Å². The van der Waals surface area contributed by atoms with Gasteiger partial charge in [0.05, 0.1) is 7.11 Å². The molecule has 4 heteroatoms. The van der Waals surface area contributed by atoms with E-state index in [1.54, 1.807) is 19.2 Å². The summed E-state index contributed by atoms with van der Waals surface area (Å²) in [6, 6.07) is 14.6. The third kappa shape index (κ3) is 2.66. The van der Waals surface area contributed by atoms with Gasteiger partial charge in [0.15, 0.2) is 0 Å². The van der Waals surface area contributed by atoms with Crippen molar-refractivity contribution in [3.8, 4) is 5.75 Å². The molecule has 0 amide bonds. The monoisotopic (exact) mass is 364 g/mol. The molecule has 2 aliphatic heterocycles. The number of likely N-dealkylation sites (N-methyl/N-ethyl adjacent to an activating group) is 1. The van der Waals surface area contributed by atoms with Gasteiger partial charge in [0, 0.05) is 41.6 Å². The number of fused-ring (bicyclic) bond motifs is 6. The zero-order valence-corrected chi connectivity index (χ0v) is 15.9. The van der Waals surface area contributed by atoms with Crippen LogP contribution in [0.1, 0.15) is 35.7 Å². The molecule has 1 aromatic heterocycles. The molecule has 5 rings (SSSR count). The van der Waals surface area contributed by atoms with Crippen LogP contribution >= 0.6 is 0 Å². The third-order valence-electron chi connectivity index (χ3n) is 6.54. The van der Waals surface area contributed by atoms with Gasteiger partial charge in [-0.2, -0.15) is 0 Å². The lowest BCUT2D eigenvalue weighted by Crippen LogP contribution is -2.34. The van der Waals surface area contributed by atoms with Crippen LogP contribution in [0.25, 0.3) is 10.9 Å². The summed E-state index contributed by atoms with van der Waals surface area (Å²) in [5.74, 6) is 0.756. The number of ether oxygens (including phenoxy) is 1. The molecule has 1 fully saturated rings. The lowest BCUT2D eigenvalue weighted by molar-refractivity contribution is 0.222. The van der Waals surface area contributed by atoms with Crippen LogP contribution in [0.15, 0.2) is 42.5 Å². The maximum Gasteiger partial charge on any atom is 0.123 e. The molecule has 0 N–H and O–H groups in total. The Morgan fingerprint density at radius 3 is 2.85 bits per heavy atom. The Hall–Kier alpha value is -2.33. The Morgan fingerprint density at radius 2 is 2.04 bits per heavy atom. The Morgan fingerprint density at radius 1 is 1.15 bits per heavy atom. The fourth-order valence-electron chi connectivity index (χ4n) is 5.15. The summed E-state index contributed by atoms with van der Waals surface area (Å²) >= 11 is 0. The first-order chi connectivity index (χ1) is 13.2. The first-order valence-electron chi connectivity index (χ1n) is 9.81. The largest absolute Gasteiger partial charge is 0.497 e. The van der Waals surface area contributed by atoms with Crippen LogP contribution < -0.4 is 4.74 Å². The molecule has 140 valence electrons. The fourth-order valence-corrected chi connectivity index (χ4v) is 5.15. The van der Waals surface area contributed by atoms with E-state index in [-0.39, 0.29) is 5.82 Å². The summed E-state index contributed by atoms with van der Waals surface area (Å²) < 4.78 is 21.6. The molecule has 2 aliphatic rings. The second-order valence-corrected chi connectivity index (χ2v) is 7.89. The van der Waals surface area contributed by atoms with Crippen molar-refractivity contribution in [2.75, 3.05) is 14.2 Å². The summed E-state index contributed by atoms with van der Waals surface area (Å²) in [4.78, 5) is 2.55. The van der Waals surface area contributed by atoms with Crippen molar-refractivity contribution in [2.24, 2.45) is 0 Å². The predicted octanol–water partition coefficient (Wildman–Crippen LogP) is 4.72. The molecule has 0 saturated carbocycles. The van der Waals surface area contributed by atoms with Gasteiger partial charge in [-0.05, 0) is 67.8 Å². The van der Waals surface area contributed by atoms with Crippen molar-refractivity contribution in [2.45, 2.75) is 44.3 Å². The number of hydrogen-bond donors (Lipinski definition) is 0. The fraction of sp³-hybridized carbons (Fsp3) is 0.391. The van der Waals surface area contributed by atoms with E-state index in [0.717, 1.165) is 30.7 Å². The van der Waals surface area contributed by atoms with E-state index in [9.17, 15) is 4.39 Å². The van der Waals surface area contributed by atoms with Crippen molar-refractivity contribution < 1.29 is 9.13 Å². The van der Waals surface area contributed by atoms with E-state index < -0.39 is 0 Å². The molecule has 3 aromatic rings. The number of rotatable bonds is 4. The van der Waals surface area contributed by atoms with Gasteiger partial charge < -0.3 is 9.30 Å². The Bertz CT molecular complexity index is 1010. The molecule has 3 heterocycles. The van der Waals surface area contributed by atoms with Crippen LogP contribution in [0.4, 0.5) is 4.39 Å². The molecule has 0 aliphatic carbocycles. The molecular weight excluding hydrogens is 339 g/mol. The number of methoxy groups -OCH3 is 1. The molecule has 2 bridgehead atoms. The lowest BCUT2D eigenvalue weighted by Gasteiger charge is -2.32. The second kappa shape index (κ2) is 6.38. The van der Waals surface area contributed by atoms with E-state index in [1.807, 2.05) is 6.07 Å². The zero-order valence-electron chi connectivity index (χ0n) is 15.9. The van der Waals surface area contributed by atoms with Crippen molar-refractivity contribution in [3.05, 3.63) is 65.1 Å². The molecule has 1 saturated heterocycles. The smallest absolute Gasteiger partial charge is 0.123 e. The average Bonchev–Trinajstić information content (AvgIpc) is 3.09. The van der Waals surface area contributed by atoms with E-state index >= 15 is 0 Å². The van der Waals surface area contributed by atoms with Gasteiger partial charge in [-0.15, -0.1) is 0 Å². The van der Waals surface area contributed by atoms with Gasteiger partial charge in [0.1, 0.15) is 11.6 Å². The van der Waals surface area contributed by atoms with E-state index in [2.05, 4.69) is 34.7 Å². The summed E-state index contributed by atoms with van der Waals surface area (Å²) in [7, 11) is 3.99. The highest BCUT2D eigenvalue weighted by molar-refractivity contribution is 5.88. The van der Waals surface area contributed by atoms with Gasteiger partial charge in [-0.1, -0.05) is 12.1 Å². The van der Waals surface area contributed by atoms with E-state index in [1.165, 1.54) is 41.1 Å². The van der Waals surface area contributed by atoms with Crippen LogP contribution in [0.5, 0.6) is 5.75 Å². The highest BCUT2D eigenvalue weighted by atomic mass is 19.1. The molecule has 2 aromatic carbocycles. The normalized spacial score (nSPS) is 21.6. The van der Waals surface area contributed by atoms with Gasteiger partial charge >= 0.3 is 0 Å². The molecule has 2 atom stereocenters. The predicted molar refractivity (Wildman–Crippen MR) is 106 cm³/mol. The SMILES string of the molecule is COc1ccc2c(c1)c1c(n2CCc2cccc(F)c2)CC2CCC1N2C. The van der Waals surface area contributed by atoms with Gasteiger partial charge in [-0.3, -0.25) is 4.90 Å². The highest BCUT2D eigenvalue weighted by Gasteiger charge is 2.40. The standard InChI is InChI=1S/C23H25FN2O/c1-25-17-6-8-21(25)23-19-14-18(27-2)7-9-20(19)26(22(23)13-17)11-10-15-4-3-5-16(24)12-15/h3-5,7,9,12,14,17,21H,6,8,10-11,13H2,1-2H3. The van der Waals surface area contributed by atoms with Crippen molar-refractivity contribution >= 4 is 10.9 Å². The van der Waals surface area contributed by atoms with Crippen LogP contribution in [0.3, 0.4) is 0 Å². The van der Waals surface area contributed by atoms with Crippen LogP contribution in [-0.2, 0) is 19.4 Å². The van der Waals surface area contributed by atoms with Gasteiger partial charge in [0.2, 0.25) is 0 Å².